The lowest BCUT2D eigenvalue weighted by molar-refractivity contribution is 0.0862. The van der Waals surface area contributed by atoms with E-state index in [4.69, 9.17) is 11.6 Å². The van der Waals surface area contributed by atoms with Crippen LogP contribution in [0.2, 0.25) is 5.02 Å². The van der Waals surface area contributed by atoms with Gasteiger partial charge in [-0.25, -0.2) is 0 Å². The topological polar surface area (TPSA) is 20.3 Å². The van der Waals surface area contributed by atoms with Gasteiger partial charge in [-0.3, -0.25) is 9.69 Å². The molecular formula is C18H20ClNO. The standard InChI is InChI=1S/C18H20ClNO/c1-13-8-10-15(11-9-13)18(21)14(2)20(3)12-16-6-4-5-7-17(16)19/h4-11,14H,12H2,1-3H3. The molecule has 2 nitrogen and oxygen atoms in total. The second kappa shape index (κ2) is 6.88. The van der Waals surface area contributed by atoms with E-state index in [0.717, 1.165) is 21.7 Å². The summed E-state index contributed by atoms with van der Waals surface area (Å²) in [7, 11) is 1.94. The minimum absolute atomic E-state index is 0.129. The van der Waals surface area contributed by atoms with Crippen molar-refractivity contribution >= 4 is 17.4 Å². The minimum Gasteiger partial charge on any atom is -0.292 e. The smallest absolute Gasteiger partial charge is 0.179 e. The van der Waals surface area contributed by atoms with Gasteiger partial charge in [0.2, 0.25) is 0 Å². The summed E-state index contributed by atoms with van der Waals surface area (Å²) >= 11 is 6.18. The van der Waals surface area contributed by atoms with Crippen molar-refractivity contribution in [2.75, 3.05) is 7.05 Å². The monoisotopic (exact) mass is 301 g/mol. The van der Waals surface area contributed by atoms with Crippen LogP contribution in [0, 0.1) is 6.92 Å². The first-order valence-corrected chi connectivity index (χ1v) is 7.41. The number of carbonyl (C=O) groups is 1. The van der Waals surface area contributed by atoms with Gasteiger partial charge in [-0.15, -0.1) is 0 Å². The molecule has 0 saturated carbocycles. The Bertz CT molecular complexity index is 621. The van der Waals surface area contributed by atoms with E-state index in [-0.39, 0.29) is 11.8 Å². The zero-order chi connectivity index (χ0) is 15.4. The predicted octanol–water partition coefficient (Wildman–Crippen LogP) is 4.35. The molecule has 0 amide bonds. The van der Waals surface area contributed by atoms with Gasteiger partial charge in [0.05, 0.1) is 6.04 Å². The molecule has 0 aliphatic rings. The molecule has 0 fully saturated rings. The molecule has 0 aliphatic carbocycles. The molecule has 0 spiro atoms. The van der Waals surface area contributed by atoms with E-state index >= 15 is 0 Å². The molecular weight excluding hydrogens is 282 g/mol. The highest BCUT2D eigenvalue weighted by Crippen LogP contribution is 2.18. The zero-order valence-corrected chi connectivity index (χ0v) is 13.4. The molecule has 3 heteroatoms. The van der Waals surface area contributed by atoms with E-state index in [1.165, 1.54) is 0 Å². The van der Waals surface area contributed by atoms with Crippen LogP contribution in [0.3, 0.4) is 0 Å². The van der Waals surface area contributed by atoms with Crippen LogP contribution >= 0.6 is 11.6 Å². The van der Waals surface area contributed by atoms with Crippen LogP contribution in [0.1, 0.15) is 28.4 Å². The number of hydrogen-bond donors (Lipinski definition) is 0. The average molecular weight is 302 g/mol. The Morgan fingerprint density at radius 2 is 1.76 bits per heavy atom. The number of carbonyl (C=O) groups excluding carboxylic acids is 1. The molecule has 1 atom stereocenters. The third kappa shape index (κ3) is 3.93. The van der Waals surface area contributed by atoms with Crippen molar-refractivity contribution in [3.05, 3.63) is 70.2 Å². The van der Waals surface area contributed by atoms with Crippen LogP contribution in [0.5, 0.6) is 0 Å². The summed E-state index contributed by atoms with van der Waals surface area (Å²) in [5, 5.41) is 0.735. The Morgan fingerprint density at radius 1 is 1.14 bits per heavy atom. The van der Waals surface area contributed by atoms with Gasteiger partial charge < -0.3 is 0 Å². The lowest BCUT2D eigenvalue weighted by Gasteiger charge is -2.24. The van der Waals surface area contributed by atoms with Gasteiger partial charge in [0.25, 0.3) is 0 Å². The van der Waals surface area contributed by atoms with E-state index in [2.05, 4.69) is 0 Å². The molecule has 0 saturated heterocycles. The first kappa shape index (κ1) is 15.7. The summed E-state index contributed by atoms with van der Waals surface area (Å²) in [6.07, 6.45) is 0. The number of Topliss-reactive ketones (excluding diaryl/α,β-unsaturated/α-hetero) is 1. The number of ketones is 1. The van der Waals surface area contributed by atoms with E-state index < -0.39 is 0 Å². The number of benzene rings is 2. The fourth-order valence-corrected chi connectivity index (χ4v) is 2.39. The maximum atomic E-state index is 12.5. The van der Waals surface area contributed by atoms with Gasteiger partial charge in [-0.1, -0.05) is 59.6 Å². The van der Waals surface area contributed by atoms with Crippen LogP contribution in [-0.2, 0) is 6.54 Å². The minimum atomic E-state index is -0.191. The van der Waals surface area contributed by atoms with Crippen LogP contribution in [0.15, 0.2) is 48.5 Å². The van der Waals surface area contributed by atoms with Crippen LogP contribution in [0.25, 0.3) is 0 Å². The summed E-state index contributed by atoms with van der Waals surface area (Å²) in [5.41, 5.74) is 2.94. The Kier molecular flexibility index (Phi) is 5.16. The molecule has 0 aliphatic heterocycles. The second-order valence-electron chi connectivity index (χ2n) is 5.41. The maximum absolute atomic E-state index is 12.5. The predicted molar refractivity (Wildman–Crippen MR) is 87.9 cm³/mol. The van der Waals surface area contributed by atoms with Crippen molar-refractivity contribution in [3.63, 3.8) is 0 Å². The Hall–Kier alpha value is -1.64. The number of rotatable bonds is 5. The van der Waals surface area contributed by atoms with E-state index in [9.17, 15) is 4.79 Å². The third-order valence-corrected chi connectivity index (χ3v) is 4.12. The normalized spacial score (nSPS) is 12.4. The van der Waals surface area contributed by atoms with E-state index in [0.29, 0.717) is 6.54 Å². The molecule has 2 aromatic rings. The Labute approximate surface area is 131 Å². The van der Waals surface area contributed by atoms with Gasteiger partial charge in [-0.05, 0) is 32.5 Å². The lowest BCUT2D eigenvalue weighted by atomic mass is 10.0. The molecule has 21 heavy (non-hydrogen) atoms. The van der Waals surface area contributed by atoms with Crippen molar-refractivity contribution in [2.24, 2.45) is 0 Å². The molecule has 0 aromatic heterocycles. The molecule has 0 heterocycles. The molecule has 2 rings (SSSR count). The third-order valence-electron chi connectivity index (χ3n) is 3.75. The molecule has 2 aromatic carbocycles. The molecule has 0 N–H and O–H groups in total. The largest absolute Gasteiger partial charge is 0.292 e. The van der Waals surface area contributed by atoms with Crippen molar-refractivity contribution in [2.45, 2.75) is 26.4 Å². The van der Waals surface area contributed by atoms with Crippen molar-refractivity contribution < 1.29 is 4.79 Å². The second-order valence-corrected chi connectivity index (χ2v) is 5.82. The zero-order valence-electron chi connectivity index (χ0n) is 12.6. The van der Waals surface area contributed by atoms with Crippen LogP contribution in [0.4, 0.5) is 0 Å². The highest BCUT2D eigenvalue weighted by molar-refractivity contribution is 6.31. The van der Waals surface area contributed by atoms with Gasteiger partial charge in [0, 0.05) is 17.1 Å². The lowest BCUT2D eigenvalue weighted by Crippen LogP contribution is -2.35. The average Bonchev–Trinajstić information content (AvgIpc) is 2.49. The highest BCUT2D eigenvalue weighted by Gasteiger charge is 2.20. The summed E-state index contributed by atoms with van der Waals surface area (Å²) in [6.45, 7) is 4.60. The molecule has 1 unspecified atom stereocenters. The maximum Gasteiger partial charge on any atom is 0.179 e. The van der Waals surface area contributed by atoms with Crippen molar-refractivity contribution in [1.29, 1.82) is 0 Å². The summed E-state index contributed by atoms with van der Waals surface area (Å²) < 4.78 is 0. The fraction of sp³-hybridized carbons (Fsp3) is 0.278. The number of likely N-dealkylation sites (N-methyl/N-ethyl adjacent to an activating group) is 1. The van der Waals surface area contributed by atoms with Crippen LogP contribution < -0.4 is 0 Å². The molecule has 0 bridgehead atoms. The van der Waals surface area contributed by atoms with E-state index in [1.807, 2.05) is 74.3 Å². The Balaban J connectivity index is 2.08. The summed E-state index contributed by atoms with van der Waals surface area (Å²) in [4.78, 5) is 14.5. The molecule has 110 valence electrons. The van der Waals surface area contributed by atoms with E-state index in [1.54, 1.807) is 0 Å². The first-order valence-electron chi connectivity index (χ1n) is 7.03. The SMILES string of the molecule is Cc1ccc(C(=O)C(C)N(C)Cc2ccccc2Cl)cc1. The van der Waals surface area contributed by atoms with Gasteiger partial charge in [0.1, 0.15) is 0 Å². The van der Waals surface area contributed by atoms with Crippen molar-refractivity contribution in [1.82, 2.24) is 4.90 Å². The van der Waals surface area contributed by atoms with Crippen molar-refractivity contribution in [3.8, 4) is 0 Å². The van der Waals surface area contributed by atoms with Gasteiger partial charge in [0.15, 0.2) is 5.78 Å². The van der Waals surface area contributed by atoms with Gasteiger partial charge >= 0.3 is 0 Å². The van der Waals surface area contributed by atoms with Gasteiger partial charge in [-0.2, -0.15) is 0 Å². The highest BCUT2D eigenvalue weighted by atomic mass is 35.5. The first-order chi connectivity index (χ1) is 9.99. The summed E-state index contributed by atoms with van der Waals surface area (Å²) in [6, 6.07) is 15.2. The summed E-state index contributed by atoms with van der Waals surface area (Å²) in [5.74, 6) is 0.129. The molecule has 0 radical (unpaired) electrons. The fourth-order valence-electron chi connectivity index (χ4n) is 2.19. The quantitative estimate of drug-likeness (QED) is 0.765. The number of hydrogen-bond acceptors (Lipinski definition) is 2. The number of nitrogens with zero attached hydrogens (tertiary/aromatic N) is 1. The van der Waals surface area contributed by atoms with Crippen LogP contribution in [-0.4, -0.2) is 23.8 Å². The number of aryl methyl sites for hydroxylation is 1. The Morgan fingerprint density at radius 3 is 2.38 bits per heavy atom. The number of halogens is 1.